The number of methoxy groups -OCH3 is 1. The molecule has 8 nitrogen and oxygen atoms in total. The monoisotopic (exact) mass is 550 g/mol. The summed E-state index contributed by atoms with van der Waals surface area (Å²) in [6.45, 7) is 3.08. The number of halogens is 2. The molecule has 0 bridgehead atoms. The molecule has 1 spiro atoms. The molecule has 0 amide bonds. The molecule has 36 heavy (non-hydrogen) atoms. The number of nitrogens with zero attached hydrogens (tertiary/aromatic N) is 4. The Hall–Kier alpha value is -2.02. The minimum atomic E-state index is -0.312. The van der Waals surface area contributed by atoms with Crippen molar-refractivity contribution in [2.24, 2.45) is 15.5 Å². The summed E-state index contributed by atoms with van der Waals surface area (Å²) in [6, 6.07) is 6.87. The predicted molar refractivity (Wildman–Crippen MR) is 141 cm³/mol. The quantitative estimate of drug-likeness (QED) is 0.432. The fraction of sp³-hybridized carbons (Fsp3) is 0.458. The summed E-state index contributed by atoms with van der Waals surface area (Å²) in [5.41, 5.74) is 1.88. The topological polar surface area (TPSA) is 96.1 Å². The summed E-state index contributed by atoms with van der Waals surface area (Å²) in [7, 11) is 1.42. The lowest BCUT2D eigenvalue weighted by atomic mass is 9.68. The van der Waals surface area contributed by atoms with E-state index in [9.17, 15) is 9.18 Å². The number of likely N-dealkylation sites (tertiary alicyclic amines) is 1. The van der Waals surface area contributed by atoms with Crippen LogP contribution in [-0.4, -0.2) is 71.4 Å². The second-order valence-corrected chi connectivity index (χ2v) is 11.3. The molecule has 1 aromatic carbocycles. The molecule has 2 aromatic rings. The van der Waals surface area contributed by atoms with Gasteiger partial charge in [0.25, 0.3) is 0 Å². The number of aliphatic imine (C=N–C) groups is 1. The van der Waals surface area contributed by atoms with Crippen LogP contribution in [0.1, 0.15) is 24.3 Å². The van der Waals surface area contributed by atoms with Gasteiger partial charge < -0.3 is 10.1 Å². The number of aromatic nitrogens is 1. The van der Waals surface area contributed by atoms with Gasteiger partial charge in [-0.1, -0.05) is 24.1 Å². The van der Waals surface area contributed by atoms with Crippen LogP contribution in [0.2, 0.25) is 5.02 Å². The number of nitrogens with one attached hydrogen (secondary N) is 1. The van der Waals surface area contributed by atoms with E-state index in [4.69, 9.17) is 21.5 Å². The molecule has 3 N–H and O–H groups in total. The Bertz CT molecular complexity index is 1160. The molecule has 4 aliphatic rings. The van der Waals surface area contributed by atoms with E-state index in [1.807, 2.05) is 5.38 Å². The Balaban J connectivity index is 0.000000286. The number of amidine groups is 1. The fourth-order valence-electron chi connectivity index (χ4n) is 5.95. The Morgan fingerprint density at radius 1 is 1.44 bits per heavy atom. The zero-order chi connectivity index (χ0) is 25.3. The van der Waals surface area contributed by atoms with E-state index in [2.05, 4.69) is 24.5 Å². The zero-order valence-corrected chi connectivity index (χ0v) is 22.2. The van der Waals surface area contributed by atoms with Crippen molar-refractivity contribution >= 4 is 46.9 Å². The van der Waals surface area contributed by atoms with Gasteiger partial charge in [0.1, 0.15) is 5.82 Å². The van der Waals surface area contributed by atoms with Crippen LogP contribution in [0.3, 0.4) is 0 Å². The van der Waals surface area contributed by atoms with Gasteiger partial charge in [-0.15, -0.1) is 11.3 Å². The highest BCUT2D eigenvalue weighted by molar-refractivity contribution is 7.94. The SMILES string of the molecule is COC(=O)C1=C(CN2C3CCCC34CN(SN)CC24)NC(c2nccs2)=NC1.Fc1cccc(Cl)c1. The van der Waals surface area contributed by atoms with Crippen molar-refractivity contribution < 1.29 is 13.9 Å². The Kier molecular flexibility index (Phi) is 7.66. The summed E-state index contributed by atoms with van der Waals surface area (Å²) in [5, 5.41) is 12.5. The van der Waals surface area contributed by atoms with Gasteiger partial charge >= 0.3 is 5.97 Å². The second-order valence-electron chi connectivity index (χ2n) is 9.27. The smallest absolute Gasteiger partial charge is 0.337 e. The van der Waals surface area contributed by atoms with Gasteiger partial charge in [0, 0.05) is 71.6 Å². The van der Waals surface area contributed by atoms with Crippen LogP contribution < -0.4 is 10.5 Å². The molecule has 192 valence electrons. The zero-order valence-electron chi connectivity index (χ0n) is 19.8. The molecule has 3 fully saturated rings. The fourth-order valence-corrected chi connectivity index (χ4v) is 7.27. The van der Waals surface area contributed by atoms with Crippen molar-refractivity contribution in [3.05, 3.63) is 63.0 Å². The summed E-state index contributed by atoms with van der Waals surface area (Å²) in [4.78, 5) is 23.8. The van der Waals surface area contributed by atoms with Gasteiger partial charge in [-0.3, -0.25) is 15.0 Å². The van der Waals surface area contributed by atoms with Gasteiger partial charge in [0.15, 0.2) is 10.8 Å². The molecule has 1 saturated carbocycles. The van der Waals surface area contributed by atoms with Crippen LogP contribution in [0.4, 0.5) is 4.39 Å². The largest absolute Gasteiger partial charge is 0.466 e. The van der Waals surface area contributed by atoms with E-state index < -0.39 is 0 Å². The van der Waals surface area contributed by atoms with Crippen molar-refractivity contribution in [3.8, 4) is 0 Å². The van der Waals surface area contributed by atoms with Crippen LogP contribution in [0, 0.1) is 11.2 Å². The van der Waals surface area contributed by atoms with Crippen molar-refractivity contribution in [1.82, 2.24) is 19.5 Å². The van der Waals surface area contributed by atoms with E-state index in [1.165, 1.54) is 62.0 Å². The lowest BCUT2D eigenvalue weighted by Gasteiger charge is -2.58. The molecule has 12 heteroatoms. The summed E-state index contributed by atoms with van der Waals surface area (Å²) in [5.74, 6) is 0.132. The number of hydrogen-bond donors (Lipinski definition) is 2. The van der Waals surface area contributed by atoms with Gasteiger partial charge in [-0.05, 0) is 31.0 Å². The van der Waals surface area contributed by atoms with Gasteiger partial charge in [-0.2, -0.15) is 0 Å². The summed E-state index contributed by atoms with van der Waals surface area (Å²) >= 11 is 8.30. The maximum absolute atomic E-state index is 12.4. The van der Waals surface area contributed by atoms with Crippen LogP contribution in [0.25, 0.3) is 0 Å². The Labute approximate surface area is 223 Å². The van der Waals surface area contributed by atoms with Gasteiger partial charge in [-0.25, -0.2) is 18.5 Å². The first-order valence-corrected chi connectivity index (χ1v) is 13.8. The molecule has 3 atom stereocenters. The van der Waals surface area contributed by atoms with Gasteiger partial charge in [0.05, 0.1) is 19.2 Å². The summed E-state index contributed by atoms with van der Waals surface area (Å²) in [6.07, 6.45) is 5.53. The van der Waals surface area contributed by atoms with E-state index in [1.54, 1.807) is 18.3 Å². The molecule has 1 aliphatic carbocycles. The van der Waals surface area contributed by atoms with E-state index >= 15 is 0 Å². The number of nitrogens with two attached hydrogens (primary N) is 1. The molecule has 3 aliphatic heterocycles. The molecule has 3 unspecified atom stereocenters. The first-order chi connectivity index (χ1) is 17.4. The number of benzene rings is 1. The maximum atomic E-state index is 12.4. The van der Waals surface area contributed by atoms with Crippen molar-refractivity contribution in [3.63, 3.8) is 0 Å². The highest BCUT2D eigenvalue weighted by atomic mass is 35.5. The van der Waals surface area contributed by atoms with E-state index in [0.717, 1.165) is 29.6 Å². The van der Waals surface area contributed by atoms with Gasteiger partial charge in [0.2, 0.25) is 0 Å². The van der Waals surface area contributed by atoms with E-state index in [-0.39, 0.29) is 11.8 Å². The second kappa shape index (κ2) is 10.8. The standard InChI is InChI=1S/C18H24N6O2S2.C6H4ClF/c1-26-17(25)11-7-21-15(16-20-5-6-27-16)22-12(11)8-24-13-3-2-4-18(13)10-23(28-19)9-14(18)24;7-5-2-1-3-6(8)4-5/h5-6,13-14H,2-4,7-10,19H2,1H3,(H,21,22);1-4H. The van der Waals surface area contributed by atoms with E-state index in [0.29, 0.717) is 41.2 Å². The number of carbonyl (C=O) groups is 1. The number of ether oxygens (including phenoxy) is 1. The minimum Gasteiger partial charge on any atom is -0.466 e. The first-order valence-electron chi connectivity index (χ1n) is 11.8. The van der Waals surface area contributed by atoms with Crippen LogP contribution in [-0.2, 0) is 9.53 Å². The Morgan fingerprint density at radius 2 is 2.31 bits per heavy atom. The molecular formula is C24H28ClFN6O2S2. The van der Waals surface area contributed by atoms with Crippen LogP contribution in [0.5, 0.6) is 0 Å². The molecule has 0 radical (unpaired) electrons. The Morgan fingerprint density at radius 3 is 2.97 bits per heavy atom. The average Bonchev–Trinajstić information content (AvgIpc) is 3.61. The first kappa shape index (κ1) is 25.6. The highest BCUT2D eigenvalue weighted by Gasteiger charge is 2.66. The van der Waals surface area contributed by atoms with Crippen molar-refractivity contribution in [1.29, 1.82) is 0 Å². The van der Waals surface area contributed by atoms with Crippen molar-refractivity contribution in [2.45, 2.75) is 31.3 Å². The molecule has 1 aromatic heterocycles. The molecule has 2 saturated heterocycles. The third-order valence-electron chi connectivity index (χ3n) is 7.47. The number of hydrogen-bond acceptors (Lipinski definition) is 10. The third-order valence-corrected chi connectivity index (χ3v) is 9.06. The normalized spacial score (nSPS) is 27.3. The molecular weight excluding hydrogens is 523 g/mol. The van der Waals surface area contributed by atoms with Crippen molar-refractivity contribution in [2.75, 3.05) is 33.3 Å². The minimum absolute atomic E-state index is 0.294. The average molecular weight is 551 g/mol. The van der Waals surface area contributed by atoms with Crippen LogP contribution in [0.15, 0.2) is 52.1 Å². The lowest BCUT2D eigenvalue weighted by Crippen LogP contribution is -2.69. The maximum Gasteiger partial charge on any atom is 0.337 e. The van der Waals surface area contributed by atoms with Crippen LogP contribution >= 0.6 is 35.1 Å². The molecule has 6 rings (SSSR count). The summed E-state index contributed by atoms with van der Waals surface area (Å²) < 4.78 is 19.4. The number of thiazole rings is 1. The lowest BCUT2D eigenvalue weighted by molar-refractivity contribution is -0.136. The number of esters is 1. The molecule has 4 heterocycles. The highest BCUT2D eigenvalue weighted by Crippen LogP contribution is 2.58. The third kappa shape index (κ3) is 4.80. The number of rotatable bonds is 5. The predicted octanol–water partition coefficient (Wildman–Crippen LogP) is 3.46. The number of carbonyl (C=O) groups excluding carboxylic acids is 1.